The minimum Gasteiger partial charge on any atom is -0.395 e. The molecule has 0 aliphatic heterocycles. The van der Waals surface area contributed by atoms with Gasteiger partial charge in [-0.1, -0.05) is 0 Å². The standard InChI is InChI=1S/C2H7NO.Zn/c3-1-2-4;/h4H,1-3H2;/q;+2. The van der Waals surface area contributed by atoms with Crippen molar-refractivity contribution in [2.45, 2.75) is 0 Å². The Labute approximate surface area is 44.1 Å². The van der Waals surface area contributed by atoms with Gasteiger partial charge >= 0.3 is 19.5 Å². The molecule has 0 aliphatic rings. The second-order valence-electron chi connectivity index (χ2n) is 0.512. The van der Waals surface area contributed by atoms with Gasteiger partial charge in [-0.05, 0) is 0 Å². The normalized spacial score (nSPS) is 6.00. The SMILES string of the molecule is NCCO.[Zn+2]. The van der Waals surface area contributed by atoms with Crippen LogP contribution in [-0.2, 0) is 19.5 Å². The Morgan fingerprint density at radius 2 is 1.80 bits per heavy atom. The van der Waals surface area contributed by atoms with Crippen LogP contribution in [0, 0.1) is 0 Å². The minimum atomic E-state index is 0. The average Bonchev–Trinajstić information content (AvgIpc) is 1.37. The third kappa shape index (κ3) is 12.3. The fourth-order valence-corrected chi connectivity index (χ4v) is 0. The summed E-state index contributed by atoms with van der Waals surface area (Å²) in [6.45, 7) is 0.472. The zero-order valence-corrected chi connectivity index (χ0v) is 6.11. The van der Waals surface area contributed by atoms with E-state index in [0.717, 1.165) is 0 Å². The van der Waals surface area contributed by atoms with Crippen LogP contribution in [0.15, 0.2) is 0 Å². The van der Waals surface area contributed by atoms with Crippen LogP contribution < -0.4 is 5.73 Å². The first-order valence-corrected chi connectivity index (χ1v) is 1.22. The van der Waals surface area contributed by atoms with Crippen molar-refractivity contribution in [3.8, 4) is 0 Å². The Balaban J connectivity index is 0. The summed E-state index contributed by atoms with van der Waals surface area (Å²) >= 11 is 0. The Kier molecular flexibility index (Phi) is 16.1. The Hall–Kier alpha value is 0.543. The molecule has 3 N–H and O–H groups in total. The van der Waals surface area contributed by atoms with Crippen molar-refractivity contribution in [3.63, 3.8) is 0 Å². The molecule has 0 rings (SSSR count). The molecule has 5 heavy (non-hydrogen) atoms. The van der Waals surface area contributed by atoms with E-state index in [1.807, 2.05) is 0 Å². The van der Waals surface area contributed by atoms with Crippen LogP contribution in [0.2, 0.25) is 0 Å². The van der Waals surface area contributed by atoms with Crippen LogP contribution in [0.4, 0.5) is 0 Å². The number of aliphatic hydroxyl groups excluding tert-OH is 1. The van der Waals surface area contributed by atoms with Crippen molar-refractivity contribution in [3.05, 3.63) is 0 Å². The van der Waals surface area contributed by atoms with Crippen molar-refractivity contribution in [2.75, 3.05) is 13.2 Å². The average molecular weight is 126 g/mol. The summed E-state index contributed by atoms with van der Waals surface area (Å²) in [5.74, 6) is 0. The van der Waals surface area contributed by atoms with Gasteiger partial charge in [0, 0.05) is 6.54 Å². The van der Waals surface area contributed by atoms with Crippen molar-refractivity contribution in [2.24, 2.45) is 5.73 Å². The zero-order valence-electron chi connectivity index (χ0n) is 3.15. The molecule has 0 heterocycles. The Morgan fingerprint density at radius 1 is 1.60 bits per heavy atom. The van der Waals surface area contributed by atoms with Crippen LogP contribution in [0.5, 0.6) is 0 Å². The molecule has 0 spiro atoms. The van der Waals surface area contributed by atoms with E-state index in [2.05, 4.69) is 0 Å². The van der Waals surface area contributed by atoms with Gasteiger partial charge in [0.05, 0.1) is 6.61 Å². The van der Waals surface area contributed by atoms with Gasteiger partial charge in [0.2, 0.25) is 0 Å². The van der Waals surface area contributed by atoms with Crippen molar-refractivity contribution < 1.29 is 24.6 Å². The molecular formula is C2H7NOZn+2. The molecule has 0 fully saturated rings. The molecule has 3 heteroatoms. The van der Waals surface area contributed by atoms with Gasteiger partial charge in [0.25, 0.3) is 0 Å². The topological polar surface area (TPSA) is 46.2 Å². The molecule has 0 unspecified atom stereocenters. The molecule has 0 bridgehead atoms. The molecule has 0 saturated heterocycles. The molecule has 0 aromatic carbocycles. The summed E-state index contributed by atoms with van der Waals surface area (Å²) in [7, 11) is 0. The summed E-state index contributed by atoms with van der Waals surface area (Å²) in [5.41, 5.74) is 4.78. The van der Waals surface area contributed by atoms with Gasteiger partial charge in [0.15, 0.2) is 0 Å². The van der Waals surface area contributed by atoms with E-state index in [1.54, 1.807) is 0 Å². The number of aliphatic hydroxyl groups is 1. The van der Waals surface area contributed by atoms with Crippen LogP contribution in [0.3, 0.4) is 0 Å². The molecule has 0 saturated carbocycles. The van der Waals surface area contributed by atoms with Gasteiger partial charge in [-0.2, -0.15) is 0 Å². The van der Waals surface area contributed by atoms with E-state index in [1.165, 1.54) is 0 Å². The number of hydrogen-bond acceptors (Lipinski definition) is 2. The predicted octanol–water partition coefficient (Wildman–Crippen LogP) is -1.07. The van der Waals surface area contributed by atoms with Gasteiger partial charge in [-0.15, -0.1) is 0 Å². The van der Waals surface area contributed by atoms with Crippen LogP contribution in [-0.4, -0.2) is 18.3 Å². The Bertz CT molecular complexity index is 11.6. The number of rotatable bonds is 1. The second kappa shape index (κ2) is 8.82. The largest absolute Gasteiger partial charge is 2.00 e. The first-order chi connectivity index (χ1) is 1.91. The quantitative estimate of drug-likeness (QED) is 0.440. The fourth-order valence-electron chi connectivity index (χ4n) is 0. The maximum absolute atomic E-state index is 7.75. The summed E-state index contributed by atoms with van der Waals surface area (Å²) in [4.78, 5) is 0. The molecule has 26 valence electrons. The summed E-state index contributed by atoms with van der Waals surface area (Å²) < 4.78 is 0. The summed E-state index contributed by atoms with van der Waals surface area (Å²) in [6.07, 6.45) is 0. The molecule has 0 amide bonds. The molecule has 0 aromatic heterocycles. The van der Waals surface area contributed by atoms with Gasteiger partial charge in [0.1, 0.15) is 0 Å². The number of hydrogen-bond donors (Lipinski definition) is 2. The van der Waals surface area contributed by atoms with E-state index in [-0.39, 0.29) is 26.1 Å². The molecule has 0 aliphatic carbocycles. The van der Waals surface area contributed by atoms with Crippen molar-refractivity contribution in [1.29, 1.82) is 0 Å². The zero-order chi connectivity index (χ0) is 3.41. The first-order valence-electron chi connectivity index (χ1n) is 1.22. The summed E-state index contributed by atoms with van der Waals surface area (Å²) in [6, 6.07) is 0. The fraction of sp³-hybridized carbons (Fsp3) is 1.00. The van der Waals surface area contributed by atoms with E-state index < -0.39 is 0 Å². The smallest absolute Gasteiger partial charge is 0.395 e. The Morgan fingerprint density at radius 3 is 1.80 bits per heavy atom. The summed E-state index contributed by atoms with van der Waals surface area (Å²) in [5, 5.41) is 7.75. The van der Waals surface area contributed by atoms with Crippen molar-refractivity contribution in [1.82, 2.24) is 0 Å². The second-order valence-corrected chi connectivity index (χ2v) is 0.512. The van der Waals surface area contributed by atoms with E-state index in [9.17, 15) is 0 Å². The molecule has 0 aromatic rings. The first kappa shape index (κ1) is 9.11. The monoisotopic (exact) mass is 125 g/mol. The maximum atomic E-state index is 7.75. The van der Waals surface area contributed by atoms with Gasteiger partial charge < -0.3 is 10.8 Å². The predicted molar refractivity (Wildman–Crippen MR) is 16.1 cm³/mol. The van der Waals surface area contributed by atoms with E-state index in [4.69, 9.17) is 10.8 Å². The van der Waals surface area contributed by atoms with Crippen LogP contribution >= 0.6 is 0 Å². The van der Waals surface area contributed by atoms with Crippen LogP contribution in [0.25, 0.3) is 0 Å². The third-order valence-electron chi connectivity index (χ3n) is 0.129. The van der Waals surface area contributed by atoms with Gasteiger partial charge in [-0.3, -0.25) is 0 Å². The van der Waals surface area contributed by atoms with Crippen molar-refractivity contribution >= 4 is 0 Å². The molecular weight excluding hydrogens is 119 g/mol. The molecule has 0 atom stereocenters. The van der Waals surface area contributed by atoms with E-state index >= 15 is 0 Å². The minimum absolute atomic E-state index is 0. The third-order valence-corrected chi connectivity index (χ3v) is 0.129. The maximum Gasteiger partial charge on any atom is 2.00 e. The molecule has 2 nitrogen and oxygen atoms in total. The van der Waals surface area contributed by atoms with E-state index in [0.29, 0.717) is 6.54 Å². The molecule has 0 radical (unpaired) electrons. The number of nitrogens with two attached hydrogens (primary N) is 1. The van der Waals surface area contributed by atoms with Crippen LogP contribution in [0.1, 0.15) is 0 Å². The van der Waals surface area contributed by atoms with Gasteiger partial charge in [-0.25, -0.2) is 0 Å².